The molecule has 0 unspecified atom stereocenters. The van der Waals surface area contributed by atoms with Crippen LogP contribution in [0.2, 0.25) is 0 Å². The molecule has 3 aromatic rings. The highest BCUT2D eigenvalue weighted by Gasteiger charge is 2.13. The highest BCUT2D eigenvalue weighted by atomic mass is 32.1. The molecule has 0 aliphatic heterocycles. The number of carbonyl (C=O) groups excluding carboxylic acids is 2. The molecule has 0 spiro atoms. The van der Waals surface area contributed by atoms with Gasteiger partial charge < -0.3 is 0 Å². The first-order valence-electron chi connectivity index (χ1n) is 8.88. The van der Waals surface area contributed by atoms with Crippen LogP contribution >= 0.6 is 12.2 Å². The van der Waals surface area contributed by atoms with Gasteiger partial charge in [-0.2, -0.15) is 5.10 Å². The fourth-order valence-electron chi connectivity index (χ4n) is 2.66. The number of aromatic amines is 1. The molecule has 0 atom stereocenters. The Labute approximate surface area is 167 Å². The Balaban J connectivity index is 1.65. The number of hydrogen-bond acceptors (Lipinski definition) is 4. The van der Waals surface area contributed by atoms with Crippen molar-refractivity contribution in [2.24, 2.45) is 0 Å². The molecule has 3 N–H and O–H groups in total. The number of carbonyl (C=O) groups is 2. The Morgan fingerprint density at radius 2 is 1.75 bits per heavy atom. The van der Waals surface area contributed by atoms with Crippen molar-refractivity contribution >= 4 is 24.0 Å². The zero-order valence-corrected chi connectivity index (χ0v) is 16.5. The standard InChI is InChI=1S/C20H21N5O2S/c1-3-14-6-10-16(11-7-14)19(27)23-21-17(26)12-25-18(22-24-20(25)28)15-8-4-13(2)5-9-15/h4-11H,3,12H2,1-2H3,(H,21,26)(H,23,27)(H,24,28). The molecule has 8 heteroatoms. The zero-order chi connectivity index (χ0) is 20.1. The summed E-state index contributed by atoms with van der Waals surface area (Å²) in [4.78, 5) is 24.5. The summed E-state index contributed by atoms with van der Waals surface area (Å²) in [6.45, 7) is 3.96. The van der Waals surface area contributed by atoms with E-state index < -0.39 is 5.91 Å². The van der Waals surface area contributed by atoms with Gasteiger partial charge in [-0.25, -0.2) is 0 Å². The van der Waals surface area contributed by atoms with Crippen LogP contribution in [0, 0.1) is 11.7 Å². The van der Waals surface area contributed by atoms with Crippen molar-refractivity contribution in [1.82, 2.24) is 25.6 Å². The van der Waals surface area contributed by atoms with Crippen LogP contribution < -0.4 is 10.9 Å². The number of nitrogens with one attached hydrogen (secondary N) is 3. The smallest absolute Gasteiger partial charge is 0.269 e. The summed E-state index contributed by atoms with van der Waals surface area (Å²) in [7, 11) is 0. The Bertz CT molecular complexity index is 1040. The lowest BCUT2D eigenvalue weighted by Crippen LogP contribution is -2.43. The van der Waals surface area contributed by atoms with Gasteiger partial charge in [0.2, 0.25) is 0 Å². The Morgan fingerprint density at radius 3 is 2.39 bits per heavy atom. The molecule has 1 heterocycles. The first-order valence-corrected chi connectivity index (χ1v) is 9.29. The van der Waals surface area contributed by atoms with E-state index in [-0.39, 0.29) is 12.5 Å². The Hall–Kier alpha value is -3.26. The lowest BCUT2D eigenvalue weighted by Gasteiger charge is -2.10. The van der Waals surface area contributed by atoms with Gasteiger partial charge in [-0.15, -0.1) is 0 Å². The van der Waals surface area contributed by atoms with E-state index >= 15 is 0 Å². The summed E-state index contributed by atoms with van der Waals surface area (Å²) in [5, 5.41) is 6.91. The van der Waals surface area contributed by atoms with Gasteiger partial charge in [-0.3, -0.25) is 30.1 Å². The molecule has 0 radical (unpaired) electrons. The lowest BCUT2D eigenvalue weighted by molar-refractivity contribution is -0.122. The molecule has 0 aliphatic rings. The third-order valence-electron chi connectivity index (χ3n) is 4.31. The third-order valence-corrected chi connectivity index (χ3v) is 4.62. The van der Waals surface area contributed by atoms with E-state index in [0.717, 1.165) is 23.1 Å². The van der Waals surface area contributed by atoms with E-state index in [0.29, 0.717) is 16.2 Å². The fourth-order valence-corrected chi connectivity index (χ4v) is 2.86. The van der Waals surface area contributed by atoms with Crippen LogP contribution in [0.4, 0.5) is 0 Å². The highest BCUT2D eigenvalue weighted by molar-refractivity contribution is 7.71. The molecular weight excluding hydrogens is 374 g/mol. The summed E-state index contributed by atoms with van der Waals surface area (Å²) >= 11 is 5.23. The summed E-state index contributed by atoms with van der Waals surface area (Å²) in [5.41, 5.74) is 8.40. The minimum atomic E-state index is -0.413. The maximum Gasteiger partial charge on any atom is 0.269 e. The Morgan fingerprint density at radius 1 is 1.07 bits per heavy atom. The van der Waals surface area contributed by atoms with Crippen LogP contribution in [0.25, 0.3) is 11.4 Å². The average molecular weight is 395 g/mol. The maximum atomic E-state index is 12.3. The second-order valence-electron chi connectivity index (χ2n) is 6.36. The van der Waals surface area contributed by atoms with Crippen LogP contribution in [0.5, 0.6) is 0 Å². The Kier molecular flexibility index (Phi) is 6.00. The summed E-state index contributed by atoms with van der Waals surface area (Å²) in [5.74, 6) is -0.239. The first-order chi connectivity index (χ1) is 13.5. The third kappa shape index (κ3) is 4.52. The summed E-state index contributed by atoms with van der Waals surface area (Å²) in [6.07, 6.45) is 0.896. The van der Waals surface area contributed by atoms with E-state index in [9.17, 15) is 9.59 Å². The van der Waals surface area contributed by atoms with Gasteiger partial charge in [0, 0.05) is 11.1 Å². The highest BCUT2D eigenvalue weighted by Crippen LogP contribution is 2.17. The number of hydrogen-bond donors (Lipinski definition) is 3. The molecule has 7 nitrogen and oxygen atoms in total. The molecule has 144 valence electrons. The van der Waals surface area contributed by atoms with Gasteiger partial charge in [-0.05, 0) is 43.3 Å². The van der Waals surface area contributed by atoms with Crippen molar-refractivity contribution in [3.63, 3.8) is 0 Å². The zero-order valence-electron chi connectivity index (χ0n) is 15.7. The van der Waals surface area contributed by atoms with E-state index in [1.165, 1.54) is 0 Å². The minimum Gasteiger partial charge on any atom is -0.291 e. The first kappa shape index (κ1) is 19.5. The number of H-pyrrole nitrogens is 1. The van der Waals surface area contributed by atoms with Crippen molar-refractivity contribution in [2.75, 3.05) is 0 Å². The van der Waals surface area contributed by atoms with Gasteiger partial charge in [0.25, 0.3) is 11.8 Å². The average Bonchev–Trinajstić information content (AvgIpc) is 3.07. The second kappa shape index (κ2) is 8.62. The number of aryl methyl sites for hydroxylation is 2. The van der Waals surface area contributed by atoms with E-state index in [2.05, 4.69) is 21.0 Å². The molecule has 2 aromatic carbocycles. The van der Waals surface area contributed by atoms with Gasteiger partial charge in [0.05, 0.1) is 0 Å². The van der Waals surface area contributed by atoms with Crippen LogP contribution in [0.15, 0.2) is 48.5 Å². The maximum absolute atomic E-state index is 12.3. The van der Waals surface area contributed by atoms with Crippen LogP contribution in [-0.2, 0) is 17.8 Å². The topological polar surface area (TPSA) is 91.8 Å². The van der Waals surface area contributed by atoms with Crippen LogP contribution in [-0.4, -0.2) is 26.6 Å². The SMILES string of the molecule is CCc1ccc(C(=O)NNC(=O)Cn2c(-c3ccc(C)cc3)n[nH]c2=S)cc1. The van der Waals surface area contributed by atoms with Crippen molar-refractivity contribution < 1.29 is 9.59 Å². The van der Waals surface area contributed by atoms with Gasteiger partial charge in [0.15, 0.2) is 10.6 Å². The number of benzene rings is 2. The van der Waals surface area contributed by atoms with Crippen molar-refractivity contribution in [1.29, 1.82) is 0 Å². The number of rotatable bonds is 5. The number of amides is 2. The molecular formula is C20H21N5O2S. The largest absolute Gasteiger partial charge is 0.291 e. The predicted octanol–water partition coefficient (Wildman–Crippen LogP) is 2.94. The van der Waals surface area contributed by atoms with E-state index in [4.69, 9.17) is 12.2 Å². The normalized spacial score (nSPS) is 10.5. The monoisotopic (exact) mass is 395 g/mol. The molecule has 0 saturated carbocycles. The molecule has 3 rings (SSSR count). The molecule has 0 saturated heterocycles. The summed E-state index contributed by atoms with van der Waals surface area (Å²) < 4.78 is 1.91. The molecule has 28 heavy (non-hydrogen) atoms. The lowest BCUT2D eigenvalue weighted by atomic mass is 10.1. The number of nitrogens with zero attached hydrogens (tertiary/aromatic N) is 2. The van der Waals surface area contributed by atoms with Crippen molar-refractivity contribution in [2.45, 2.75) is 26.8 Å². The van der Waals surface area contributed by atoms with Gasteiger partial charge in [-0.1, -0.05) is 48.9 Å². The van der Waals surface area contributed by atoms with Gasteiger partial charge >= 0.3 is 0 Å². The second-order valence-corrected chi connectivity index (χ2v) is 6.74. The molecule has 2 amide bonds. The number of hydrazine groups is 1. The van der Waals surface area contributed by atoms with Crippen molar-refractivity contribution in [3.05, 3.63) is 70.0 Å². The van der Waals surface area contributed by atoms with Crippen molar-refractivity contribution in [3.8, 4) is 11.4 Å². The van der Waals surface area contributed by atoms with E-state index in [1.54, 1.807) is 16.7 Å². The minimum absolute atomic E-state index is 0.0758. The molecule has 1 aromatic heterocycles. The quantitative estimate of drug-likeness (QED) is 0.458. The molecule has 0 aliphatic carbocycles. The summed E-state index contributed by atoms with van der Waals surface area (Å²) in [6, 6.07) is 15.0. The fraction of sp³-hybridized carbons (Fsp3) is 0.200. The molecule has 0 fully saturated rings. The van der Waals surface area contributed by atoms with Crippen LogP contribution in [0.1, 0.15) is 28.4 Å². The van der Waals surface area contributed by atoms with Crippen LogP contribution in [0.3, 0.4) is 0 Å². The number of aromatic nitrogens is 3. The predicted molar refractivity (Wildman–Crippen MR) is 109 cm³/mol. The van der Waals surface area contributed by atoms with Gasteiger partial charge in [0.1, 0.15) is 6.54 Å². The van der Waals surface area contributed by atoms with E-state index in [1.807, 2.05) is 50.2 Å². The molecule has 0 bridgehead atoms.